The smallest absolute Gasteiger partial charge is 0.251 e. The highest BCUT2D eigenvalue weighted by Gasteiger charge is 2.17. The minimum absolute atomic E-state index is 0.145. The van der Waals surface area contributed by atoms with Gasteiger partial charge in [-0.2, -0.15) is 5.21 Å². The maximum atomic E-state index is 12.1. The number of amides is 1. The lowest BCUT2D eigenvalue weighted by Crippen LogP contribution is -2.27. The zero-order chi connectivity index (χ0) is 13.2. The molecule has 19 heavy (non-hydrogen) atoms. The zero-order valence-corrected chi connectivity index (χ0v) is 10.5. The second-order valence-corrected chi connectivity index (χ2v) is 4.51. The average Bonchev–Trinajstić information content (AvgIpc) is 3.09. The van der Waals surface area contributed by atoms with Gasteiger partial charge in [0.1, 0.15) is 0 Å². The quantitative estimate of drug-likeness (QED) is 0.751. The van der Waals surface area contributed by atoms with E-state index in [-0.39, 0.29) is 11.9 Å². The van der Waals surface area contributed by atoms with Crippen LogP contribution in [0.2, 0.25) is 0 Å². The van der Waals surface area contributed by atoms with Crippen LogP contribution in [0, 0.1) is 0 Å². The van der Waals surface area contributed by atoms with Crippen molar-refractivity contribution in [2.75, 3.05) is 11.9 Å². The highest BCUT2D eigenvalue weighted by Crippen LogP contribution is 2.23. The fourth-order valence-electron chi connectivity index (χ4n) is 2.13. The molecular weight excluding hydrogens is 244 g/mol. The molecule has 1 aliphatic heterocycles. The number of fused-ring (bicyclic) bond motifs is 1. The van der Waals surface area contributed by atoms with E-state index < -0.39 is 0 Å². The highest BCUT2D eigenvalue weighted by molar-refractivity contribution is 5.95. The van der Waals surface area contributed by atoms with Crippen molar-refractivity contribution >= 4 is 11.6 Å². The number of aromatic amines is 1. The minimum Gasteiger partial charge on any atom is -0.384 e. The van der Waals surface area contributed by atoms with E-state index in [9.17, 15) is 4.79 Å². The predicted molar refractivity (Wildman–Crippen MR) is 68.7 cm³/mol. The number of tetrazole rings is 1. The van der Waals surface area contributed by atoms with Crippen LogP contribution in [0.1, 0.15) is 34.7 Å². The number of carbonyl (C=O) groups is 1. The standard InChI is InChI=1S/C12H14N6O/c1-7(11-15-17-18-16-11)14-12(19)9-3-2-8-4-5-13-10(8)6-9/h2-3,6-7,13H,4-5H2,1H3,(H,14,19)(H,15,16,17,18). The van der Waals surface area contributed by atoms with Gasteiger partial charge in [0.15, 0.2) is 5.82 Å². The Balaban J connectivity index is 1.74. The molecule has 0 saturated heterocycles. The molecule has 98 valence electrons. The largest absolute Gasteiger partial charge is 0.384 e. The monoisotopic (exact) mass is 258 g/mol. The van der Waals surface area contributed by atoms with Gasteiger partial charge in [0, 0.05) is 17.8 Å². The first kappa shape index (κ1) is 11.6. The average molecular weight is 258 g/mol. The van der Waals surface area contributed by atoms with Crippen molar-refractivity contribution in [2.24, 2.45) is 0 Å². The van der Waals surface area contributed by atoms with Crippen LogP contribution in [-0.4, -0.2) is 33.1 Å². The molecule has 2 heterocycles. The molecule has 1 unspecified atom stereocenters. The van der Waals surface area contributed by atoms with Crippen LogP contribution >= 0.6 is 0 Å². The summed E-state index contributed by atoms with van der Waals surface area (Å²) < 4.78 is 0. The van der Waals surface area contributed by atoms with E-state index in [0.717, 1.165) is 18.7 Å². The third-order valence-electron chi connectivity index (χ3n) is 3.18. The van der Waals surface area contributed by atoms with Gasteiger partial charge in [-0.1, -0.05) is 11.3 Å². The Labute approximate surface area is 109 Å². The van der Waals surface area contributed by atoms with Crippen LogP contribution in [0.5, 0.6) is 0 Å². The van der Waals surface area contributed by atoms with Crippen LogP contribution in [-0.2, 0) is 6.42 Å². The van der Waals surface area contributed by atoms with E-state index in [0.29, 0.717) is 11.4 Å². The topological polar surface area (TPSA) is 95.6 Å². The molecule has 0 aliphatic carbocycles. The van der Waals surface area contributed by atoms with Gasteiger partial charge in [-0.25, -0.2) is 0 Å². The van der Waals surface area contributed by atoms with Crippen molar-refractivity contribution in [1.29, 1.82) is 0 Å². The van der Waals surface area contributed by atoms with Crippen molar-refractivity contribution in [3.8, 4) is 0 Å². The summed E-state index contributed by atoms with van der Waals surface area (Å²) in [5.74, 6) is 0.321. The summed E-state index contributed by atoms with van der Waals surface area (Å²) in [4.78, 5) is 12.1. The van der Waals surface area contributed by atoms with Crippen LogP contribution in [0.25, 0.3) is 0 Å². The fraction of sp³-hybridized carbons (Fsp3) is 0.333. The number of anilines is 1. The molecule has 7 heteroatoms. The molecule has 1 aromatic heterocycles. The maximum Gasteiger partial charge on any atom is 0.251 e. The second-order valence-electron chi connectivity index (χ2n) is 4.51. The number of H-pyrrole nitrogens is 1. The number of aromatic nitrogens is 4. The van der Waals surface area contributed by atoms with Gasteiger partial charge < -0.3 is 10.6 Å². The number of benzene rings is 1. The lowest BCUT2D eigenvalue weighted by atomic mass is 10.1. The number of nitrogens with zero attached hydrogens (tertiary/aromatic N) is 3. The van der Waals surface area contributed by atoms with Crippen LogP contribution in [0.15, 0.2) is 18.2 Å². The van der Waals surface area contributed by atoms with Gasteiger partial charge >= 0.3 is 0 Å². The molecule has 0 bridgehead atoms. The van der Waals surface area contributed by atoms with Gasteiger partial charge in [-0.15, -0.1) is 10.2 Å². The first-order valence-corrected chi connectivity index (χ1v) is 6.15. The van der Waals surface area contributed by atoms with E-state index in [1.807, 2.05) is 25.1 Å². The third-order valence-corrected chi connectivity index (χ3v) is 3.18. The molecule has 2 aromatic rings. The lowest BCUT2D eigenvalue weighted by molar-refractivity contribution is 0.0938. The van der Waals surface area contributed by atoms with E-state index in [1.54, 1.807) is 0 Å². The first-order valence-electron chi connectivity index (χ1n) is 6.15. The fourth-order valence-corrected chi connectivity index (χ4v) is 2.13. The molecule has 1 atom stereocenters. The molecule has 1 aromatic carbocycles. The van der Waals surface area contributed by atoms with E-state index in [4.69, 9.17) is 0 Å². The van der Waals surface area contributed by atoms with Gasteiger partial charge in [-0.3, -0.25) is 4.79 Å². The van der Waals surface area contributed by atoms with Crippen LogP contribution in [0.4, 0.5) is 5.69 Å². The van der Waals surface area contributed by atoms with Gasteiger partial charge in [0.25, 0.3) is 5.91 Å². The van der Waals surface area contributed by atoms with Crippen LogP contribution < -0.4 is 10.6 Å². The first-order chi connectivity index (χ1) is 9.24. The Hall–Kier alpha value is -2.44. The van der Waals surface area contributed by atoms with Crippen molar-refractivity contribution < 1.29 is 4.79 Å². The maximum absolute atomic E-state index is 12.1. The Morgan fingerprint density at radius 2 is 2.37 bits per heavy atom. The number of rotatable bonds is 3. The molecule has 7 nitrogen and oxygen atoms in total. The molecule has 0 spiro atoms. The Morgan fingerprint density at radius 1 is 1.47 bits per heavy atom. The predicted octanol–water partition coefficient (Wildman–Crippen LogP) is 0.659. The second kappa shape index (κ2) is 4.68. The number of nitrogens with one attached hydrogen (secondary N) is 3. The van der Waals surface area contributed by atoms with Crippen LogP contribution in [0.3, 0.4) is 0 Å². The summed E-state index contributed by atoms with van der Waals surface area (Å²) in [6.45, 7) is 2.74. The summed E-state index contributed by atoms with van der Waals surface area (Å²) >= 11 is 0. The molecular formula is C12H14N6O. The molecule has 0 fully saturated rings. The summed E-state index contributed by atoms with van der Waals surface area (Å²) in [6, 6.07) is 5.42. The SMILES string of the molecule is CC(NC(=O)c1ccc2c(c1)NCC2)c1nn[nH]n1. The van der Waals surface area contributed by atoms with E-state index in [1.165, 1.54) is 5.56 Å². The minimum atomic E-state index is -0.285. The molecule has 3 rings (SSSR count). The highest BCUT2D eigenvalue weighted by atomic mass is 16.1. The molecule has 1 amide bonds. The number of carbonyl (C=O) groups excluding carboxylic acids is 1. The van der Waals surface area contributed by atoms with Crippen molar-refractivity contribution in [3.05, 3.63) is 35.2 Å². The zero-order valence-electron chi connectivity index (χ0n) is 10.5. The Kier molecular flexibility index (Phi) is 2.86. The summed E-state index contributed by atoms with van der Waals surface area (Å²) in [5, 5.41) is 19.6. The third kappa shape index (κ3) is 2.26. The lowest BCUT2D eigenvalue weighted by Gasteiger charge is -2.10. The molecule has 3 N–H and O–H groups in total. The molecule has 0 saturated carbocycles. The molecule has 1 aliphatic rings. The van der Waals surface area contributed by atoms with Gasteiger partial charge in [-0.05, 0) is 31.0 Å². The number of hydrogen-bond acceptors (Lipinski definition) is 5. The number of hydrogen-bond donors (Lipinski definition) is 3. The van der Waals surface area contributed by atoms with Crippen molar-refractivity contribution in [1.82, 2.24) is 25.9 Å². The summed E-state index contributed by atoms with van der Waals surface area (Å²) in [5.41, 5.74) is 2.92. The van der Waals surface area contributed by atoms with Gasteiger partial charge in [0.2, 0.25) is 0 Å². The Bertz CT molecular complexity index is 594. The molecule has 0 radical (unpaired) electrons. The summed E-state index contributed by atoms with van der Waals surface area (Å²) in [6.07, 6.45) is 1.01. The van der Waals surface area contributed by atoms with Crippen molar-refractivity contribution in [3.63, 3.8) is 0 Å². The van der Waals surface area contributed by atoms with Gasteiger partial charge in [0.05, 0.1) is 6.04 Å². The normalized spacial score (nSPS) is 14.6. The Morgan fingerprint density at radius 3 is 3.16 bits per heavy atom. The summed E-state index contributed by atoms with van der Waals surface area (Å²) in [7, 11) is 0. The van der Waals surface area contributed by atoms with E-state index >= 15 is 0 Å². The van der Waals surface area contributed by atoms with Crippen molar-refractivity contribution in [2.45, 2.75) is 19.4 Å². The van der Waals surface area contributed by atoms with E-state index in [2.05, 4.69) is 31.3 Å².